The largest absolute Gasteiger partial charge is 0.322 e. The first-order valence-electron chi connectivity index (χ1n) is 11.3. The quantitative estimate of drug-likeness (QED) is 0.463. The molecule has 1 saturated heterocycles. The van der Waals surface area contributed by atoms with Gasteiger partial charge in [-0.15, -0.1) is 0 Å². The molecule has 0 saturated carbocycles. The number of hydrogen-bond donors (Lipinski definition) is 1. The van der Waals surface area contributed by atoms with E-state index < -0.39 is 10.0 Å². The van der Waals surface area contributed by atoms with Crippen molar-refractivity contribution in [1.29, 1.82) is 0 Å². The second-order valence-corrected chi connectivity index (χ2v) is 10.4. The summed E-state index contributed by atoms with van der Waals surface area (Å²) in [5, 5.41) is 3.63. The lowest BCUT2D eigenvalue weighted by molar-refractivity contribution is 0.102. The van der Waals surface area contributed by atoms with Crippen molar-refractivity contribution in [3.05, 3.63) is 84.7 Å². The molecule has 0 bridgehead atoms. The van der Waals surface area contributed by atoms with E-state index in [0.717, 1.165) is 10.9 Å². The van der Waals surface area contributed by atoms with Gasteiger partial charge in [-0.3, -0.25) is 9.78 Å². The summed E-state index contributed by atoms with van der Waals surface area (Å²) in [6.45, 7) is 2.34. The molecule has 0 atom stereocenters. The van der Waals surface area contributed by atoms with Crippen LogP contribution < -0.4 is 5.32 Å². The van der Waals surface area contributed by atoms with Crippen LogP contribution in [0.25, 0.3) is 22.2 Å². The molecule has 0 aliphatic carbocycles. The molecular weight excluding hydrogens is 462 g/mol. The molecule has 2 aromatic carbocycles. The van der Waals surface area contributed by atoms with Crippen molar-refractivity contribution in [3.63, 3.8) is 0 Å². The highest BCUT2D eigenvalue weighted by Crippen LogP contribution is 2.26. The number of hydrogen-bond acceptors (Lipinski definition) is 6. The molecule has 1 aliphatic heterocycles. The molecule has 178 valence electrons. The van der Waals surface area contributed by atoms with Gasteiger partial charge in [-0.2, -0.15) is 4.31 Å². The minimum Gasteiger partial charge on any atom is -0.322 e. The second-order valence-electron chi connectivity index (χ2n) is 8.49. The number of piperazine rings is 1. The predicted octanol–water partition coefficient (Wildman–Crippen LogP) is 3.49. The molecule has 1 N–H and O–H groups in total. The molecule has 8 nitrogen and oxygen atoms in total. The van der Waals surface area contributed by atoms with E-state index in [0.29, 0.717) is 48.6 Å². The number of para-hydroxylation sites is 1. The number of nitrogens with zero attached hydrogens (tertiary/aromatic N) is 4. The molecule has 0 radical (unpaired) electrons. The zero-order valence-electron chi connectivity index (χ0n) is 19.3. The number of fused-ring (bicyclic) bond motifs is 1. The van der Waals surface area contributed by atoms with Gasteiger partial charge >= 0.3 is 0 Å². The Morgan fingerprint density at radius 2 is 1.60 bits per heavy atom. The maximum absolute atomic E-state index is 13.3. The molecule has 35 heavy (non-hydrogen) atoms. The van der Waals surface area contributed by atoms with Gasteiger partial charge in [0.25, 0.3) is 5.91 Å². The smallest absolute Gasteiger partial charge is 0.256 e. The van der Waals surface area contributed by atoms with Crippen molar-refractivity contribution in [2.75, 3.05) is 38.5 Å². The molecule has 1 fully saturated rings. The van der Waals surface area contributed by atoms with Crippen molar-refractivity contribution >= 4 is 32.5 Å². The minimum atomic E-state index is -3.57. The number of carbonyl (C=O) groups is 1. The maximum atomic E-state index is 13.3. The summed E-state index contributed by atoms with van der Waals surface area (Å²) in [6.07, 6.45) is 3.37. The lowest BCUT2D eigenvalue weighted by Crippen LogP contribution is -2.46. The average Bonchev–Trinajstić information content (AvgIpc) is 2.89. The average molecular weight is 488 g/mol. The van der Waals surface area contributed by atoms with E-state index in [-0.39, 0.29) is 10.8 Å². The number of rotatable bonds is 5. The Balaban J connectivity index is 1.41. The number of benzene rings is 2. The molecule has 3 heterocycles. The fourth-order valence-electron chi connectivity index (χ4n) is 4.12. The highest BCUT2D eigenvalue weighted by Gasteiger charge is 2.27. The number of anilines is 1. The van der Waals surface area contributed by atoms with Crippen molar-refractivity contribution in [3.8, 4) is 11.3 Å². The number of sulfonamides is 1. The Bertz CT molecular complexity index is 1470. The van der Waals surface area contributed by atoms with E-state index in [1.165, 1.54) is 16.4 Å². The lowest BCUT2D eigenvalue weighted by atomic mass is 10.0. The Kier molecular flexibility index (Phi) is 6.29. The Morgan fingerprint density at radius 3 is 2.31 bits per heavy atom. The molecular formula is C26H25N5O3S. The van der Waals surface area contributed by atoms with Gasteiger partial charge in [0.2, 0.25) is 10.0 Å². The molecule has 1 aliphatic rings. The zero-order valence-corrected chi connectivity index (χ0v) is 20.1. The zero-order chi connectivity index (χ0) is 24.4. The van der Waals surface area contributed by atoms with Crippen LogP contribution in [0.5, 0.6) is 0 Å². The predicted molar refractivity (Wildman–Crippen MR) is 136 cm³/mol. The fourth-order valence-corrected chi connectivity index (χ4v) is 5.54. The summed E-state index contributed by atoms with van der Waals surface area (Å²) in [6, 6.07) is 19.2. The molecule has 1 amide bonds. The number of nitrogens with one attached hydrogen (secondary N) is 1. The van der Waals surface area contributed by atoms with Crippen LogP contribution in [0.2, 0.25) is 0 Å². The van der Waals surface area contributed by atoms with Crippen LogP contribution >= 0.6 is 0 Å². The Morgan fingerprint density at radius 1 is 0.914 bits per heavy atom. The third-order valence-corrected chi connectivity index (χ3v) is 8.06. The first-order chi connectivity index (χ1) is 16.9. The Labute approximate surface area is 204 Å². The van der Waals surface area contributed by atoms with Crippen LogP contribution in [0.4, 0.5) is 5.69 Å². The van der Waals surface area contributed by atoms with Crippen LogP contribution in [0.1, 0.15) is 10.4 Å². The highest BCUT2D eigenvalue weighted by atomic mass is 32.2. The SMILES string of the molecule is CN1CCN(S(=O)(=O)c2ccc(NC(=O)c3cc(-c4ccncc4)nc4ccccc34)cc2)CC1. The number of carbonyl (C=O) groups excluding carboxylic acids is 1. The van der Waals surface area contributed by atoms with Crippen LogP contribution in [0.15, 0.2) is 84.0 Å². The van der Waals surface area contributed by atoms with Gasteiger partial charge in [-0.25, -0.2) is 13.4 Å². The van der Waals surface area contributed by atoms with Gasteiger partial charge in [0.15, 0.2) is 0 Å². The van der Waals surface area contributed by atoms with Gasteiger partial charge in [0.05, 0.1) is 21.7 Å². The topological polar surface area (TPSA) is 95.5 Å². The fraction of sp³-hybridized carbons (Fsp3) is 0.192. The normalized spacial score (nSPS) is 15.2. The number of likely N-dealkylation sites (N-methyl/N-ethyl adjacent to an activating group) is 1. The monoisotopic (exact) mass is 487 g/mol. The van der Waals surface area contributed by atoms with Crippen molar-refractivity contribution < 1.29 is 13.2 Å². The number of aromatic nitrogens is 2. The molecule has 0 unspecified atom stereocenters. The summed E-state index contributed by atoms with van der Waals surface area (Å²) < 4.78 is 27.5. The summed E-state index contributed by atoms with van der Waals surface area (Å²) >= 11 is 0. The van der Waals surface area contributed by atoms with Crippen molar-refractivity contribution in [2.24, 2.45) is 0 Å². The van der Waals surface area contributed by atoms with E-state index in [1.807, 2.05) is 43.4 Å². The molecule has 9 heteroatoms. The van der Waals surface area contributed by atoms with Crippen LogP contribution in [-0.2, 0) is 10.0 Å². The van der Waals surface area contributed by atoms with Crippen LogP contribution in [0, 0.1) is 0 Å². The number of amides is 1. The van der Waals surface area contributed by atoms with Gasteiger partial charge in [0, 0.05) is 55.2 Å². The van der Waals surface area contributed by atoms with E-state index in [1.54, 1.807) is 30.6 Å². The molecule has 0 spiro atoms. The van der Waals surface area contributed by atoms with Gasteiger partial charge in [-0.1, -0.05) is 18.2 Å². The summed E-state index contributed by atoms with van der Waals surface area (Å²) in [4.78, 5) is 24.4. The van der Waals surface area contributed by atoms with Gasteiger partial charge in [0.1, 0.15) is 0 Å². The van der Waals surface area contributed by atoms with E-state index >= 15 is 0 Å². The van der Waals surface area contributed by atoms with Crippen LogP contribution in [0.3, 0.4) is 0 Å². The van der Waals surface area contributed by atoms with E-state index in [9.17, 15) is 13.2 Å². The summed E-state index contributed by atoms with van der Waals surface area (Å²) in [5.41, 5.74) is 3.24. The Hall–Kier alpha value is -3.66. The van der Waals surface area contributed by atoms with Crippen molar-refractivity contribution in [2.45, 2.75) is 4.90 Å². The summed E-state index contributed by atoms with van der Waals surface area (Å²) in [7, 11) is -1.59. The molecule has 4 aromatic rings. The summed E-state index contributed by atoms with van der Waals surface area (Å²) in [5.74, 6) is -0.298. The minimum absolute atomic E-state index is 0.217. The first-order valence-corrected chi connectivity index (χ1v) is 12.8. The van der Waals surface area contributed by atoms with E-state index in [2.05, 4.69) is 15.2 Å². The van der Waals surface area contributed by atoms with Crippen LogP contribution in [-0.4, -0.2) is 66.7 Å². The van der Waals surface area contributed by atoms with E-state index in [4.69, 9.17) is 4.98 Å². The molecule has 2 aromatic heterocycles. The molecule has 5 rings (SSSR count). The maximum Gasteiger partial charge on any atom is 0.256 e. The highest BCUT2D eigenvalue weighted by molar-refractivity contribution is 7.89. The lowest BCUT2D eigenvalue weighted by Gasteiger charge is -2.31. The second kappa shape index (κ2) is 9.53. The third kappa shape index (κ3) is 4.79. The third-order valence-electron chi connectivity index (χ3n) is 6.15. The van der Waals surface area contributed by atoms with Crippen molar-refractivity contribution in [1.82, 2.24) is 19.2 Å². The number of pyridine rings is 2. The van der Waals surface area contributed by atoms with Gasteiger partial charge in [-0.05, 0) is 55.6 Å². The standard InChI is InChI=1S/C26H25N5O3S/c1-30-14-16-31(17-15-30)35(33,34)21-8-6-20(7-9-21)28-26(32)23-18-25(19-10-12-27-13-11-19)29-24-5-3-2-4-22(23)24/h2-13,18H,14-17H2,1H3,(H,28,32). The first kappa shape index (κ1) is 23.1. The van der Waals surface area contributed by atoms with Gasteiger partial charge < -0.3 is 10.2 Å².